The molecular weight excluding hydrogens is 346 g/mol. The first-order valence-electron chi connectivity index (χ1n) is 11.4. The molecule has 1 aliphatic heterocycles. The summed E-state index contributed by atoms with van der Waals surface area (Å²) in [6, 6.07) is 5.13. The van der Waals surface area contributed by atoms with Crippen molar-refractivity contribution in [3.05, 3.63) is 28.8 Å². The lowest BCUT2D eigenvalue weighted by atomic mass is 9.93. The van der Waals surface area contributed by atoms with E-state index < -0.39 is 0 Å². The number of likely N-dealkylation sites (tertiary alicyclic amines) is 1. The van der Waals surface area contributed by atoms with Crippen LogP contribution in [-0.4, -0.2) is 42.2 Å². The Morgan fingerprint density at radius 1 is 1.07 bits per heavy atom. The van der Waals surface area contributed by atoms with Gasteiger partial charge in [-0.25, -0.2) is 4.98 Å². The topological polar surface area (TPSA) is 37.4 Å². The van der Waals surface area contributed by atoms with Gasteiger partial charge in [0.05, 0.1) is 12.1 Å². The quantitative estimate of drug-likeness (QED) is 0.697. The van der Waals surface area contributed by atoms with Gasteiger partial charge in [0.15, 0.2) is 0 Å². The van der Waals surface area contributed by atoms with Gasteiger partial charge in [-0.05, 0) is 101 Å². The van der Waals surface area contributed by atoms with E-state index in [4.69, 9.17) is 9.72 Å². The maximum atomic E-state index is 6.19. The van der Waals surface area contributed by atoms with Crippen LogP contribution in [0.25, 0.3) is 10.9 Å². The molecule has 4 nitrogen and oxygen atoms in total. The summed E-state index contributed by atoms with van der Waals surface area (Å²) in [5.41, 5.74) is 5.33. The molecule has 2 aromatic rings. The Hall–Kier alpha value is -1.81. The van der Waals surface area contributed by atoms with E-state index in [1.54, 1.807) is 0 Å². The van der Waals surface area contributed by atoms with Crippen LogP contribution in [-0.2, 0) is 12.8 Å². The van der Waals surface area contributed by atoms with Gasteiger partial charge in [0, 0.05) is 24.0 Å². The van der Waals surface area contributed by atoms with E-state index in [0.29, 0.717) is 6.04 Å². The molecule has 2 fully saturated rings. The zero-order valence-corrected chi connectivity index (χ0v) is 17.2. The molecule has 3 aliphatic rings. The molecular formula is C24H33N3O. The largest absolute Gasteiger partial charge is 0.493 e. The number of pyridine rings is 1. The first-order chi connectivity index (χ1) is 13.8. The summed E-state index contributed by atoms with van der Waals surface area (Å²) in [5, 5.41) is 5.07. The number of nitrogens with zero attached hydrogens (tertiary/aromatic N) is 2. The molecule has 1 saturated carbocycles. The Labute approximate surface area is 168 Å². The van der Waals surface area contributed by atoms with Crippen LogP contribution >= 0.6 is 0 Å². The first kappa shape index (κ1) is 18.2. The minimum Gasteiger partial charge on any atom is -0.493 e. The lowest BCUT2D eigenvalue weighted by molar-refractivity contribution is 0.262. The summed E-state index contributed by atoms with van der Waals surface area (Å²) in [5.74, 6) is 2.16. The van der Waals surface area contributed by atoms with E-state index in [1.807, 2.05) is 0 Å². The molecule has 0 amide bonds. The number of anilines is 1. The fourth-order valence-electron chi connectivity index (χ4n) is 5.00. The number of nitrogens with one attached hydrogen (secondary N) is 1. The number of aromatic nitrogens is 1. The van der Waals surface area contributed by atoms with Crippen LogP contribution in [0.15, 0.2) is 12.1 Å². The molecule has 1 N–H and O–H groups in total. The molecule has 2 heterocycles. The van der Waals surface area contributed by atoms with Crippen LogP contribution in [0, 0.1) is 6.92 Å². The van der Waals surface area contributed by atoms with Crippen LogP contribution in [0.1, 0.15) is 61.6 Å². The number of fused-ring (bicyclic) bond motifs is 3. The van der Waals surface area contributed by atoms with Crippen molar-refractivity contribution in [3.63, 3.8) is 0 Å². The molecule has 5 rings (SSSR count). The fourth-order valence-corrected chi connectivity index (χ4v) is 5.00. The van der Waals surface area contributed by atoms with Crippen LogP contribution < -0.4 is 10.1 Å². The lowest BCUT2D eigenvalue weighted by Crippen LogP contribution is -2.28. The highest BCUT2D eigenvalue weighted by Crippen LogP contribution is 2.37. The van der Waals surface area contributed by atoms with Crippen molar-refractivity contribution in [2.75, 3.05) is 31.6 Å². The van der Waals surface area contributed by atoms with Gasteiger partial charge in [-0.15, -0.1) is 0 Å². The van der Waals surface area contributed by atoms with Gasteiger partial charge < -0.3 is 15.0 Å². The minimum atomic E-state index is 0.626. The van der Waals surface area contributed by atoms with Crippen molar-refractivity contribution in [1.82, 2.24) is 9.88 Å². The number of ether oxygens (including phenoxy) is 1. The molecule has 0 radical (unpaired) electrons. The Bertz CT molecular complexity index is 853. The second-order valence-electron chi connectivity index (χ2n) is 8.93. The standard InChI is InChI=1S/C24H33N3O/c1-17-15-21-19-9-5-10-20(19)24(25-18-7-4-8-18)26-22(21)16-23(17)28-14-6-13-27-11-2-3-12-27/h15-16,18H,2-14H2,1H3,(H,25,26). The van der Waals surface area contributed by atoms with Gasteiger partial charge in [-0.1, -0.05) is 0 Å². The van der Waals surface area contributed by atoms with Crippen molar-refractivity contribution in [2.24, 2.45) is 0 Å². The van der Waals surface area contributed by atoms with Crippen molar-refractivity contribution in [3.8, 4) is 5.75 Å². The fraction of sp³-hybridized carbons (Fsp3) is 0.625. The van der Waals surface area contributed by atoms with E-state index in [-0.39, 0.29) is 0 Å². The molecule has 2 aliphatic carbocycles. The SMILES string of the molecule is Cc1cc2c3c(c(NC4CCC4)nc2cc1OCCCN1CCCC1)CCC3. The van der Waals surface area contributed by atoms with Crippen LogP contribution in [0.3, 0.4) is 0 Å². The highest BCUT2D eigenvalue weighted by atomic mass is 16.5. The maximum Gasteiger partial charge on any atom is 0.130 e. The van der Waals surface area contributed by atoms with Gasteiger partial charge in [-0.2, -0.15) is 0 Å². The third-order valence-corrected chi connectivity index (χ3v) is 6.88. The highest BCUT2D eigenvalue weighted by Gasteiger charge is 2.24. The highest BCUT2D eigenvalue weighted by molar-refractivity contribution is 5.88. The normalized spacial score (nSPS) is 19.8. The van der Waals surface area contributed by atoms with Crippen LogP contribution in [0.2, 0.25) is 0 Å². The predicted octanol–water partition coefficient (Wildman–Crippen LogP) is 4.86. The molecule has 0 spiro atoms. The van der Waals surface area contributed by atoms with Gasteiger partial charge in [0.1, 0.15) is 11.6 Å². The van der Waals surface area contributed by atoms with Crippen LogP contribution in [0.5, 0.6) is 5.75 Å². The monoisotopic (exact) mass is 379 g/mol. The molecule has 28 heavy (non-hydrogen) atoms. The van der Waals surface area contributed by atoms with E-state index in [0.717, 1.165) is 36.7 Å². The molecule has 1 saturated heterocycles. The average molecular weight is 380 g/mol. The zero-order chi connectivity index (χ0) is 18.9. The Morgan fingerprint density at radius 3 is 2.68 bits per heavy atom. The summed E-state index contributed by atoms with van der Waals surface area (Å²) in [7, 11) is 0. The molecule has 1 aromatic heterocycles. The average Bonchev–Trinajstić information content (AvgIpc) is 3.34. The second-order valence-corrected chi connectivity index (χ2v) is 8.93. The van der Waals surface area contributed by atoms with Crippen molar-refractivity contribution < 1.29 is 4.74 Å². The molecule has 0 atom stereocenters. The third-order valence-electron chi connectivity index (χ3n) is 6.88. The van der Waals surface area contributed by atoms with E-state index in [2.05, 4.69) is 29.3 Å². The molecule has 150 valence electrons. The molecule has 0 unspecified atom stereocenters. The van der Waals surface area contributed by atoms with E-state index >= 15 is 0 Å². The number of rotatable bonds is 7. The summed E-state index contributed by atoms with van der Waals surface area (Å²) in [6.45, 7) is 6.66. The molecule has 4 heteroatoms. The van der Waals surface area contributed by atoms with Gasteiger partial charge in [-0.3, -0.25) is 0 Å². The van der Waals surface area contributed by atoms with E-state index in [9.17, 15) is 0 Å². The number of hydrogen-bond donors (Lipinski definition) is 1. The summed E-state index contributed by atoms with van der Waals surface area (Å²) in [6.07, 6.45) is 11.3. The second kappa shape index (κ2) is 7.90. The summed E-state index contributed by atoms with van der Waals surface area (Å²) >= 11 is 0. The van der Waals surface area contributed by atoms with Gasteiger partial charge in [0.2, 0.25) is 0 Å². The van der Waals surface area contributed by atoms with Crippen molar-refractivity contribution >= 4 is 16.7 Å². The number of hydrogen-bond acceptors (Lipinski definition) is 4. The maximum absolute atomic E-state index is 6.19. The minimum absolute atomic E-state index is 0.626. The predicted molar refractivity (Wildman–Crippen MR) is 116 cm³/mol. The number of benzene rings is 1. The zero-order valence-electron chi connectivity index (χ0n) is 17.2. The Balaban J connectivity index is 1.35. The Morgan fingerprint density at radius 2 is 1.89 bits per heavy atom. The van der Waals surface area contributed by atoms with Gasteiger partial charge in [0.25, 0.3) is 0 Å². The van der Waals surface area contributed by atoms with Crippen molar-refractivity contribution in [1.29, 1.82) is 0 Å². The Kier molecular flexibility index (Phi) is 5.15. The van der Waals surface area contributed by atoms with E-state index in [1.165, 1.54) is 86.5 Å². The lowest BCUT2D eigenvalue weighted by Gasteiger charge is -2.28. The summed E-state index contributed by atoms with van der Waals surface area (Å²) < 4.78 is 6.19. The van der Waals surface area contributed by atoms with Crippen molar-refractivity contribution in [2.45, 2.75) is 70.8 Å². The number of aryl methyl sites for hydroxylation is 2. The summed E-state index contributed by atoms with van der Waals surface area (Å²) in [4.78, 5) is 7.62. The molecule has 0 bridgehead atoms. The smallest absolute Gasteiger partial charge is 0.130 e. The molecule has 1 aromatic carbocycles. The first-order valence-corrected chi connectivity index (χ1v) is 11.4. The third kappa shape index (κ3) is 3.59. The van der Waals surface area contributed by atoms with Gasteiger partial charge >= 0.3 is 0 Å². The van der Waals surface area contributed by atoms with Crippen LogP contribution in [0.4, 0.5) is 5.82 Å².